The lowest BCUT2D eigenvalue weighted by Gasteiger charge is -2.31. The molecule has 1 aromatic rings. The van der Waals surface area contributed by atoms with Crippen molar-refractivity contribution in [2.75, 3.05) is 13.6 Å². The van der Waals surface area contributed by atoms with E-state index in [1.54, 1.807) is 13.8 Å². The van der Waals surface area contributed by atoms with Crippen LogP contribution in [0.5, 0.6) is 0 Å². The summed E-state index contributed by atoms with van der Waals surface area (Å²) >= 11 is 0. The maximum Gasteiger partial charge on any atom is 0.323 e. The van der Waals surface area contributed by atoms with E-state index in [4.69, 9.17) is 5.11 Å². The van der Waals surface area contributed by atoms with Gasteiger partial charge in [-0.05, 0) is 45.8 Å². The van der Waals surface area contributed by atoms with Crippen LogP contribution in [0.1, 0.15) is 25.8 Å². The van der Waals surface area contributed by atoms with Gasteiger partial charge in [-0.2, -0.15) is 0 Å². The number of hydrogen-bond acceptors (Lipinski definition) is 2. The molecule has 0 aliphatic carbocycles. The van der Waals surface area contributed by atoms with Crippen molar-refractivity contribution in [1.29, 1.82) is 0 Å². The van der Waals surface area contributed by atoms with E-state index in [0.29, 0.717) is 0 Å². The van der Waals surface area contributed by atoms with Crippen molar-refractivity contribution >= 4 is 5.97 Å². The summed E-state index contributed by atoms with van der Waals surface area (Å²) in [5.74, 6) is -0.778. The second kappa shape index (κ2) is 5.82. The molecule has 0 fully saturated rings. The van der Waals surface area contributed by atoms with Crippen LogP contribution in [0.25, 0.3) is 0 Å². The van der Waals surface area contributed by atoms with Gasteiger partial charge in [0.25, 0.3) is 0 Å². The molecule has 0 bridgehead atoms. The molecule has 0 heterocycles. The van der Waals surface area contributed by atoms with E-state index in [0.717, 1.165) is 19.4 Å². The predicted octanol–water partition coefficient (Wildman–Crippen LogP) is 2.41. The summed E-state index contributed by atoms with van der Waals surface area (Å²) < 4.78 is 0. The zero-order chi connectivity index (χ0) is 12.9. The molecule has 17 heavy (non-hydrogen) atoms. The summed E-state index contributed by atoms with van der Waals surface area (Å²) in [5.41, 5.74) is 0.505. The van der Waals surface area contributed by atoms with Crippen molar-refractivity contribution in [3.8, 4) is 0 Å². The number of rotatable bonds is 6. The minimum Gasteiger partial charge on any atom is -0.480 e. The molecule has 0 aromatic heterocycles. The first-order chi connectivity index (χ1) is 7.94. The molecular weight excluding hydrogens is 214 g/mol. The summed E-state index contributed by atoms with van der Waals surface area (Å²) in [5, 5.41) is 9.09. The standard InChI is InChI=1S/C14H21NO2/c1-14(2,13(16)17)15(3)11-7-10-12-8-5-4-6-9-12/h4-6,8-9H,7,10-11H2,1-3H3,(H,16,17). The van der Waals surface area contributed by atoms with Crippen molar-refractivity contribution in [2.45, 2.75) is 32.2 Å². The molecule has 1 N–H and O–H groups in total. The van der Waals surface area contributed by atoms with E-state index in [2.05, 4.69) is 12.1 Å². The van der Waals surface area contributed by atoms with Crippen molar-refractivity contribution in [3.05, 3.63) is 35.9 Å². The molecule has 1 aromatic carbocycles. The smallest absolute Gasteiger partial charge is 0.323 e. The van der Waals surface area contributed by atoms with Gasteiger partial charge in [0.1, 0.15) is 5.54 Å². The molecule has 0 saturated carbocycles. The summed E-state index contributed by atoms with van der Waals surface area (Å²) in [6.45, 7) is 4.25. The van der Waals surface area contributed by atoms with Gasteiger partial charge in [-0.25, -0.2) is 0 Å². The van der Waals surface area contributed by atoms with Gasteiger partial charge in [0.2, 0.25) is 0 Å². The SMILES string of the molecule is CN(CCCc1ccccc1)C(C)(C)C(=O)O. The van der Waals surface area contributed by atoms with E-state index in [1.807, 2.05) is 30.1 Å². The first-order valence-electron chi connectivity index (χ1n) is 5.93. The number of carboxylic acid groups (broad SMARTS) is 1. The minimum atomic E-state index is -0.795. The second-order valence-corrected chi connectivity index (χ2v) is 4.87. The zero-order valence-corrected chi connectivity index (χ0v) is 10.8. The van der Waals surface area contributed by atoms with Gasteiger partial charge in [-0.15, -0.1) is 0 Å². The van der Waals surface area contributed by atoms with Gasteiger partial charge in [0.15, 0.2) is 0 Å². The van der Waals surface area contributed by atoms with Crippen molar-refractivity contribution in [2.24, 2.45) is 0 Å². The molecule has 3 heteroatoms. The molecule has 0 radical (unpaired) electrons. The summed E-state index contributed by atoms with van der Waals surface area (Å²) in [6, 6.07) is 10.3. The van der Waals surface area contributed by atoms with Gasteiger partial charge in [-0.3, -0.25) is 9.69 Å². The first-order valence-corrected chi connectivity index (χ1v) is 5.93. The molecule has 0 unspecified atom stereocenters. The van der Waals surface area contributed by atoms with Gasteiger partial charge < -0.3 is 5.11 Å². The molecule has 0 amide bonds. The summed E-state index contributed by atoms with van der Waals surface area (Å²) in [7, 11) is 1.86. The Bertz CT molecular complexity index is 360. The van der Waals surface area contributed by atoms with Gasteiger partial charge in [0.05, 0.1) is 0 Å². The Morgan fingerprint density at radius 3 is 2.41 bits per heavy atom. The average Bonchev–Trinajstić information content (AvgIpc) is 2.30. The Morgan fingerprint density at radius 2 is 1.88 bits per heavy atom. The quantitative estimate of drug-likeness (QED) is 0.823. The Kier molecular flexibility index (Phi) is 4.70. The highest BCUT2D eigenvalue weighted by molar-refractivity contribution is 5.77. The van der Waals surface area contributed by atoms with E-state index in [1.165, 1.54) is 5.56 Å². The van der Waals surface area contributed by atoms with Crippen LogP contribution >= 0.6 is 0 Å². The fraction of sp³-hybridized carbons (Fsp3) is 0.500. The monoisotopic (exact) mass is 235 g/mol. The highest BCUT2D eigenvalue weighted by Gasteiger charge is 2.31. The number of carbonyl (C=O) groups is 1. The highest BCUT2D eigenvalue weighted by Crippen LogP contribution is 2.13. The number of aliphatic carboxylic acids is 1. The Balaban J connectivity index is 2.39. The van der Waals surface area contributed by atoms with Crippen LogP contribution in [0.15, 0.2) is 30.3 Å². The maximum absolute atomic E-state index is 11.1. The number of hydrogen-bond donors (Lipinski definition) is 1. The third kappa shape index (κ3) is 3.86. The number of aryl methyl sites for hydroxylation is 1. The Morgan fingerprint density at radius 1 is 1.29 bits per heavy atom. The molecule has 0 spiro atoms. The van der Waals surface area contributed by atoms with Crippen LogP contribution < -0.4 is 0 Å². The Labute approximate surface area is 103 Å². The van der Waals surface area contributed by atoms with E-state index >= 15 is 0 Å². The van der Waals surface area contributed by atoms with Gasteiger partial charge in [0, 0.05) is 0 Å². The lowest BCUT2D eigenvalue weighted by Crippen LogP contribution is -2.48. The van der Waals surface area contributed by atoms with Crippen LogP contribution in [0.3, 0.4) is 0 Å². The second-order valence-electron chi connectivity index (χ2n) is 4.87. The van der Waals surface area contributed by atoms with E-state index < -0.39 is 11.5 Å². The fourth-order valence-electron chi connectivity index (χ4n) is 1.61. The molecule has 3 nitrogen and oxygen atoms in total. The minimum absolute atomic E-state index is 0.778. The van der Waals surface area contributed by atoms with Crippen molar-refractivity contribution in [3.63, 3.8) is 0 Å². The third-order valence-electron chi connectivity index (χ3n) is 3.28. The largest absolute Gasteiger partial charge is 0.480 e. The van der Waals surface area contributed by atoms with Crippen LogP contribution in [0.4, 0.5) is 0 Å². The van der Waals surface area contributed by atoms with Crippen molar-refractivity contribution in [1.82, 2.24) is 4.90 Å². The molecular formula is C14H21NO2. The lowest BCUT2D eigenvalue weighted by atomic mass is 10.0. The number of benzene rings is 1. The van der Waals surface area contributed by atoms with Crippen LogP contribution in [0.2, 0.25) is 0 Å². The molecule has 94 valence electrons. The maximum atomic E-state index is 11.1. The molecule has 0 atom stereocenters. The third-order valence-corrected chi connectivity index (χ3v) is 3.28. The summed E-state index contributed by atoms with van der Waals surface area (Å²) in [4.78, 5) is 12.9. The topological polar surface area (TPSA) is 40.5 Å². The highest BCUT2D eigenvalue weighted by atomic mass is 16.4. The Hall–Kier alpha value is -1.35. The van der Waals surface area contributed by atoms with Gasteiger partial charge >= 0.3 is 5.97 Å². The molecule has 1 rings (SSSR count). The molecule has 0 aliphatic heterocycles. The number of nitrogens with zero attached hydrogens (tertiary/aromatic N) is 1. The number of likely N-dealkylation sites (N-methyl/N-ethyl adjacent to an activating group) is 1. The molecule has 0 aliphatic rings. The average molecular weight is 235 g/mol. The van der Waals surface area contributed by atoms with Crippen LogP contribution in [-0.2, 0) is 11.2 Å². The van der Waals surface area contributed by atoms with Crippen molar-refractivity contribution < 1.29 is 9.90 Å². The lowest BCUT2D eigenvalue weighted by molar-refractivity contribution is -0.148. The van der Waals surface area contributed by atoms with Crippen LogP contribution in [-0.4, -0.2) is 35.1 Å². The van der Waals surface area contributed by atoms with Crippen LogP contribution in [0, 0.1) is 0 Å². The fourth-order valence-corrected chi connectivity index (χ4v) is 1.61. The first kappa shape index (κ1) is 13.7. The molecule has 0 saturated heterocycles. The van der Waals surface area contributed by atoms with E-state index in [9.17, 15) is 4.79 Å². The van der Waals surface area contributed by atoms with E-state index in [-0.39, 0.29) is 0 Å². The zero-order valence-electron chi connectivity index (χ0n) is 10.8. The summed E-state index contributed by atoms with van der Waals surface area (Å²) in [6.07, 6.45) is 1.96. The van der Waals surface area contributed by atoms with Gasteiger partial charge in [-0.1, -0.05) is 30.3 Å². The normalized spacial score (nSPS) is 11.8. The number of carboxylic acids is 1. The predicted molar refractivity (Wildman–Crippen MR) is 69.1 cm³/mol.